The second-order valence-electron chi connectivity index (χ2n) is 9.70. The normalized spacial score (nSPS) is 14.7. The Morgan fingerprint density at radius 2 is 1.79 bits per heavy atom. The lowest BCUT2D eigenvalue weighted by Gasteiger charge is -2.36. The first-order valence-corrected chi connectivity index (χ1v) is 15.5. The Labute approximate surface area is 245 Å². The second-order valence-corrected chi connectivity index (χ2v) is 12.5. The molecule has 1 aliphatic heterocycles. The molecule has 2 aromatic carbocycles. The van der Waals surface area contributed by atoms with E-state index in [2.05, 4.69) is 30.2 Å². The number of nitrogens with two attached hydrogens (primary N) is 1. The highest BCUT2D eigenvalue weighted by Crippen LogP contribution is 2.28. The number of anilines is 1. The van der Waals surface area contributed by atoms with Crippen molar-refractivity contribution in [3.63, 3.8) is 0 Å². The average Bonchev–Trinajstić information content (AvgIpc) is 3.67. The Morgan fingerprint density at radius 3 is 2.52 bits per heavy atom. The molecule has 1 aliphatic rings. The Bertz CT molecular complexity index is 1790. The lowest BCUT2D eigenvalue weighted by Crippen LogP contribution is -2.51. The summed E-state index contributed by atoms with van der Waals surface area (Å²) >= 11 is 0.976. The lowest BCUT2D eigenvalue weighted by molar-refractivity contribution is -0.135. The molecule has 1 fully saturated rings. The van der Waals surface area contributed by atoms with E-state index >= 15 is 0 Å². The molecule has 42 heavy (non-hydrogen) atoms. The molecular formula is C27H27N9O4S2. The van der Waals surface area contributed by atoms with Crippen molar-refractivity contribution in [2.75, 3.05) is 31.1 Å². The van der Waals surface area contributed by atoms with Crippen LogP contribution in [-0.2, 0) is 27.8 Å². The number of amides is 1. The molecule has 1 amide bonds. The van der Waals surface area contributed by atoms with Gasteiger partial charge in [0.1, 0.15) is 24.1 Å². The molecule has 6 rings (SSSR count). The second kappa shape index (κ2) is 11.8. The van der Waals surface area contributed by atoms with Crippen molar-refractivity contribution >= 4 is 43.4 Å². The van der Waals surface area contributed by atoms with Gasteiger partial charge in [-0.25, -0.2) is 33.2 Å². The largest absolute Gasteiger partial charge is 0.487 e. The summed E-state index contributed by atoms with van der Waals surface area (Å²) in [6.07, 6.45) is 5.61. The Hall–Kier alpha value is -4.47. The van der Waals surface area contributed by atoms with Crippen LogP contribution in [0.15, 0.2) is 77.5 Å². The number of carbonyl (C=O) groups excluding carboxylic acids is 1. The van der Waals surface area contributed by atoms with Gasteiger partial charge in [-0.2, -0.15) is 0 Å². The molecule has 0 saturated carbocycles. The summed E-state index contributed by atoms with van der Waals surface area (Å²) in [6, 6.07) is 16.1. The van der Waals surface area contributed by atoms with E-state index in [1.807, 2.05) is 35.2 Å². The SMILES string of the molecule is NS(=O)(=O)c1nc2ccc(OCc3cn(C(Cc4ccccc4)C(=O)N4CCN(c5ncccn5)CC4)nn3)cc2s1. The maximum absolute atomic E-state index is 13.8. The summed E-state index contributed by atoms with van der Waals surface area (Å²) in [6.45, 7) is 2.45. The summed E-state index contributed by atoms with van der Waals surface area (Å²) in [5.41, 5.74) is 2.07. The van der Waals surface area contributed by atoms with Crippen LogP contribution in [-0.4, -0.2) is 75.3 Å². The van der Waals surface area contributed by atoms with E-state index in [1.54, 1.807) is 47.5 Å². The molecule has 0 radical (unpaired) electrons. The monoisotopic (exact) mass is 605 g/mol. The molecule has 15 heteroatoms. The van der Waals surface area contributed by atoms with Crippen molar-refractivity contribution in [1.82, 2.24) is 34.8 Å². The number of carbonyl (C=O) groups is 1. The number of thiazole rings is 1. The number of ether oxygens (including phenoxy) is 1. The van der Waals surface area contributed by atoms with E-state index in [9.17, 15) is 13.2 Å². The van der Waals surface area contributed by atoms with Crippen LogP contribution >= 0.6 is 11.3 Å². The number of hydrogen-bond acceptors (Lipinski definition) is 11. The smallest absolute Gasteiger partial charge is 0.265 e. The Balaban J connectivity index is 1.16. The highest BCUT2D eigenvalue weighted by molar-refractivity contribution is 7.91. The van der Waals surface area contributed by atoms with Gasteiger partial charge in [0, 0.05) is 45.0 Å². The summed E-state index contributed by atoms with van der Waals surface area (Å²) in [5, 5.41) is 13.8. The zero-order valence-corrected chi connectivity index (χ0v) is 24.0. The molecule has 1 unspecified atom stereocenters. The summed E-state index contributed by atoms with van der Waals surface area (Å²) in [5.74, 6) is 1.13. The molecule has 0 spiro atoms. The number of hydrogen-bond donors (Lipinski definition) is 1. The first-order valence-electron chi connectivity index (χ1n) is 13.1. The summed E-state index contributed by atoms with van der Waals surface area (Å²) in [7, 11) is -3.89. The topological polar surface area (TPSA) is 162 Å². The maximum atomic E-state index is 13.8. The van der Waals surface area contributed by atoms with E-state index in [4.69, 9.17) is 9.88 Å². The minimum absolute atomic E-state index is 0.0360. The first kappa shape index (κ1) is 27.7. The average molecular weight is 606 g/mol. The van der Waals surface area contributed by atoms with Crippen LogP contribution in [0.3, 0.4) is 0 Å². The van der Waals surface area contributed by atoms with E-state index in [-0.39, 0.29) is 16.9 Å². The van der Waals surface area contributed by atoms with E-state index in [0.29, 0.717) is 60.2 Å². The van der Waals surface area contributed by atoms with E-state index in [1.165, 1.54) is 0 Å². The number of nitrogens with zero attached hydrogens (tertiary/aromatic N) is 8. The molecule has 13 nitrogen and oxygen atoms in total. The van der Waals surface area contributed by atoms with Crippen molar-refractivity contribution in [2.45, 2.75) is 23.4 Å². The van der Waals surface area contributed by atoms with Crippen LogP contribution in [0.2, 0.25) is 0 Å². The van der Waals surface area contributed by atoms with Crippen LogP contribution in [0.4, 0.5) is 5.95 Å². The molecular weight excluding hydrogens is 578 g/mol. The Kier molecular flexibility index (Phi) is 7.78. The number of rotatable bonds is 9. The molecule has 1 atom stereocenters. The van der Waals surface area contributed by atoms with Crippen molar-refractivity contribution in [1.29, 1.82) is 0 Å². The molecule has 216 valence electrons. The van der Waals surface area contributed by atoms with Gasteiger partial charge in [-0.3, -0.25) is 4.79 Å². The van der Waals surface area contributed by atoms with Gasteiger partial charge < -0.3 is 14.5 Å². The Morgan fingerprint density at radius 1 is 1.02 bits per heavy atom. The zero-order valence-electron chi connectivity index (χ0n) is 22.4. The first-order chi connectivity index (χ1) is 20.3. The molecule has 2 N–H and O–H groups in total. The number of fused-ring (bicyclic) bond motifs is 1. The van der Waals surface area contributed by atoms with Crippen molar-refractivity contribution in [3.05, 3.63) is 84.4 Å². The zero-order chi connectivity index (χ0) is 29.1. The number of primary sulfonamides is 1. The third-order valence-corrected chi connectivity index (χ3v) is 9.17. The molecule has 1 saturated heterocycles. The fourth-order valence-electron chi connectivity index (χ4n) is 4.71. The fraction of sp³-hybridized carbons (Fsp3) is 0.259. The number of benzene rings is 2. The molecule has 4 heterocycles. The van der Waals surface area contributed by atoms with E-state index < -0.39 is 16.1 Å². The van der Waals surface area contributed by atoms with Crippen LogP contribution in [0.5, 0.6) is 5.75 Å². The van der Waals surface area contributed by atoms with Crippen LogP contribution in [0.25, 0.3) is 10.2 Å². The van der Waals surface area contributed by atoms with Crippen LogP contribution < -0.4 is 14.8 Å². The van der Waals surface area contributed by atoms with Gasteiger partial charge in [0.15, 0.2) is 0 Å². The predicted octanol–water partition coefficient (Wildman–Crippen LogP) is 2.04. The summed E-state index contributed by atoms with van der Waals surface area (Å²) < 4.78 is 31.3. The quantitative estimate of drug-likeness (QED) is 0.263. The van der Waals surface area contributed by atoms with Gasteiger partial charge in [0.2, 0.25) is 16.2 Å². The minimum Gasteiger partial charge on any atom is -0.487 e. The van der Waals surface area contributed by atoms with Crippen molar-refractivity contribution in [3.8, 4) is 5.75 Å². The van der Waals surface area contributed by atoms with Gasteiger partial charge in [0.05, 0.1) is 16.4 Å². The van der Waals surface area contributed by atoms with Crippen LogP contribution in [0.1, 0.15) is 17.3 Å². The molecule has 0 bridgehead atoms. The number of sulfonamides is 1. The highest BCUT2D eigenvalue weighted by Gasteiger charge is 2.30. The molecule has 0 aliphatic carbocycles. The highest BCUT2D eigenvalue weighted by atomic mass is 32.2. The third kappa shape index (κ3) is 6.22. The maximum Gasteiger partial charge on any atom is 0.265 e. The van der Waals surface area contributed by atoms with Gasteiger partial charge in [-0.05, 0) is 29.8 Å². The third-order valence-electron chi connectivity index (χ3n) is 6.83. The lowest BCUT2D eigenvalue weighted by atomic mass is 10.0. The van der Waals surface area contributed by atoms with E-state index in [0.717, 1.165) is 16.9 Å². The van der Waals surface area contributed by atoms with Gasteiger partial charge in [-0.15, -0.1) is 16.4 Å². The number of aromatic nitrogens is 6. The molecule has 3 aromatic heterocycles. The van der Waals surface area contributed by atoms with Gasteiger partial charge >= 0.3 is 0 Å². The van der Waals surface area contributed by atoms with Gasteiger partial charge in [-0.1, -0.05) is 35.5 Å². The number of piperazine rings is 1. The van der Waals surface area contributed by atoms with Gasteiger partial charge in [0.25, 0.3) is 10.0 Å². The van der Waals surface area contributed by atoms with Crippen molar-refractivity contribution < 1.29 is 17.9 Å². The summed E-state index contributed by atoms with van der Waals surface area (Å²) in [4.78, 5) is 30.5. The fourth-order valence-corrected chi connectivity index (χ4v) is 6.39. The molecule has 5 aromatic rings. The van der Waals surface area contributed by atoms with Crippen molar-refractivity contribution in [2.24, 2.45) is 5.14 Å². The standard InChI is InChI=1S/C27H27N9O4S2/c28-42(38,39)27-31-22-8-7-21(16-24(22)41-27)40-18-20-17-36(33-32-20)23(15-19-5-2-1-3-6-19)25(37)34-11-13-35(14-12-34)26-29-9-4-10-30-26/h1-10,16-17,23H,11-15,18H2,(H2,28,38,39). The van der Waals surface area contributed by atoms with Crippen LogP contribution in [0, 0.1) is 0 Å². The minimum atomic E-state index is -3.89. The predicted molar refractivity (Wildman–Crippen MR) is 155 cm³/mol.